The second-order valence-corrected chi connectivity index (χ2v) is 3.94. The van der Waals surface area contributed by atoms with Crippen LogP contribution >= 0.6 is 39.9 Å². The fraction of sp³-hybridized carbons (Fsp3) is 0. The Morgan fingerprint density at radius 2 is 2.31 bits per heavy atom. The van der Waals surface area contributed by atoms with Crippen molar-refractivity contribution in [3.8, 4) is 0 Å². The number of pyridine rings is 1. The zero-order chi connectivity index (χ0) is 9.42. The summed E-state index contributed by atoms with van der Waals surface area (Å²) in [5.74, 6) is 0. The highest BCUT2D eigenvalue weighted by Gasteiger charge is 2.11. The minimum absolute atomic E-state index is 0.0119. The molecule has 0 aliphatic rings. The van der Waals surface area contributed by atoms with Gasteiger partial charge in [-0.25, -0.2) is 4.98 Å². The maximum atomic E-state index is 12.3. The molecule has 0 saturated heterocycles. The Kier molecular flexibility index (Phi) is 2.44. The van der Waals surface area contributed by atoms with Gasteiger partial charge in [0.05, 0.1) is 6.20 Å². The molecule has 0 N–H and O–H groups in total. The van der Waals surface area contributed by atoms with Crippen molar-refractivity contribution < 1.29 is 3.89 Å². The first-order valence-corrected chi connectivity index (χ1v) is 5.05. The molecule has 2 heterocycles. The molecule has 13 heavy (non-hydrogen) atoms. The molecule has 0 atom stereocenters. The molecule has 68 valence electrons. The van der Waals surface area contributed by atoms with Gasteiger partial charge >= 0.3 is 0 Å². The lowest BCUT2D eigenvalue weighted by atomic mass is 10.3. The van der Waals surface area contributed by atoms with E-state index in [0.717, 1.165) is 13.9 Å². The number of halogens is 3. The van der Waals surface area contributed by atoms with Crippen LogP contribution < -0.4 is 0 Å². The summed E-state index contributed by atoms with van der Waals surface area (Å²) in [6.07, 6.45) is 3.08. The average molecular weight is 283 g/mol. The van der Waals surface area contributed by atoms with Crippen molar-refractivity contribution in [1.82, 2.24) is 14.2 Å². The van der Waals surface area contributed by atoms with Crippen LogP contribution in [0.3, 0.4) is 0 Å². The van der Waals surface area contributed by atoms with E-state index in [2.05, 4.69) is 26.0 Å². The smallest absolute Gasteiger partial charge is 0.188 e. The molecule has 2 aromatic rings. The minimum Gasteiger partial charge on any atom is -0.241 e. The van der Waals surface area contributed by atoms with E-state index in [4.69, 9.17) is 11.6 Å². The summed E-state index contributed by atoms with van der Waals surface area (Å²) in [6, 6.07) is 0. The molecule has 0 fully saturated rings. The maximum Gasteiger partial charge on any atom is 0.188 e. The Bertz CT molecular complexity index is 460. The van der Waals surface area contributed by atoms with Crippen molar-refractivity contribution in [2.75, 3.05) is 0 Å². The van der Waals surface area contributed by atoms with Gasteiger partial charge in [0.15, 0.2) is 17.5 Å². The van der Waals surface area contributed by atoms with E-state index in [0.29, 0.717) is 5.52 Å². The van der Waals surface area contributed by atoms with Gasteiger partial charge in [0, 0.05) is 16.1 Å². The minimum atomic E-state index is -0.0119. The normalized spacial score (nSPS) is 11.0. The van der Waals surface area contributed by atoms with E-state index in [1.807, 2.05) is 0 Å². The Hall–Kier alpha value is -0.330. The number of aromatic nitrogens is 3. The zero-order valence-electron chi connectivity index (χ0n) is 6.04. The predicted octanol–water partition coefficient (Wildman–Crippen LogP) is 3.23. The van der Waals surface area contributed by atoms with Gasteiger partial charge in [0.25, 0.3) is 0 Å². The maximum absolute atomic E-state index is 12.3. The van der Waals surface area contributed by atoms with Crippen LogP contribution in [0.5, 0.6) is 0 Å². The van der Waals surface area contributed by atoms with E-state index in [-0.39, 0.29) is 17.5 Å². The van der Waals surface area contributed by atoms with E-state index < -0.39 is 0 Å². The van der Waals surface area contributed by atoms with Crippen molar-refractivity contribution in [3.63, 3.8) is 0 Å². The molecule has 2 rings (SSSR count). The average Bonchev–Trinajstić information content (AvgIpc) is 2.56. The van der Waals surface area contributed by atoms with Crippen LogP contribution in [0.15, 0.2) is 16.9 Å². The zero-order valence-corrected chi connectivity index (χ0v) is 9.20. The van der Waals surface area contributed by atoms with Gasteiger partial charge in [-0.3, -0.25) is 0 Å². The molecular weight excluding hydrogens is 281 g/mol. The van der Waals surface area contributed by atoms with Crippen LogP contribution in [-0.2, 0) is 0 Å². The molecule has 0 amide bonds. The summed E-state index contributed by atoms with van der Waals surface area (Å²) in [5, 5.41) is 4.76. The summed E-state index contributed by atoms with van der Waals surface area (Å²) in [5.41, 5.74) is 0.476. The van der Waals surface area contributed by atoms with E-state index >= 15 is 0 Å². The third-order valence-electron chi connectivity index (χ3n) is 1.55. The second kappa shape index (κ2) is 3.43. The lowest BCUT2D eigenvalue weighted by molar-refractivity contribution is 0.888. The van der Waals surface area contributed by atoms with Gasteiger partial charge in [-0.1, -0.05) is 11.6 Å². The molecular formula is C6H2BrClFN3S. The van der Waals surface area contributed by atoms with Crippen LogP contribution in [0.25, 0.3) is 10.9 Å². The quantitative estimate of drug-likeness (QED) is 0.752. The first kappa shape index (κ1) is 9.23. The van der Waals surface area contributed by atoms with E-state index in [1.165, 1.54) is 6.20 Å². The highest BCUT2D eigenvalue weighted by molar-refractivity contribution is 9.10. The lowest BCUT2D eigenvalue weighted by Crippen LogP contribution is -1.87. The number of hydrogen-bond donors (Lipinski definition) is 0. The monoisotopic (exact) mass is 281 g/mol. The molecule has 0 unspecified atom stereocenters. The fourth-order valence-electron chi connectivity index (χ4n) is 0.993. The summed E-state index contributed by atoms with van der Waals surface area (Å²) in [4.78, 5) is 3.87. The molecule has 0 aliphatic heterocycles. The number of fused-ring (bicyclic) bond motifs is 1. The summed E-state index contributed by atoms with van der Waals surface area (Å²) < 4.78 is 14.1. The first-order valence-electron chi connectivity index (χ1n) is 3.21. The van der Waals surface area contributed by atoms with Crippen molar-refractivity contribution in [1.29, 1.82) is 0 Å². The van der Waals surface area contributed by atoms with Crippen molar-refractivity contribution >= 4 is 50.8 Å². The molecule has 0 aromatic carbocycles. The summed E-state index contributed by atoms with van der Waals surface area (Å²) in [6.45, 7) is 0. The van der Waals surface area contributed by atoms with Gasteiger partial charge in [-0.2, -0.15) is 9.19 Å². The predicted molar refractivity (Wildman–Crippen MR) is 54.3 cm³/mol. The Labute approximate surface area is 90.8 Å². The second-order valence-electron chi connectivity index (χ2n) is 2.25. The molecule has 0 radical (unpaired) electrons. The van der Waals surface area contributed by atoms with Crippen molar-refractivity contribution in [3.05, 3.63) is 22.0 Å². The van der Waals surface area contributed by atoms with Gasteiger partial charge in [-0.15, -0.1) is 3.89 Å². The summed E-state index contributed by atoms with van der Waals surface area (Å²) >= 11 is 9.04. The van der Waals surface area contributed by atoms with Crippen molar-refractivity contribution in [2.45, 2.75) is 0 Å². The third kappa shape index (κ3) is 1.43. The van der Waals surface area contributed by atoms with Gasteiger partial charge in [0.2, 0.25) is 0 Å². The van der Waals surface area contributed by atoms with Crippen LogP contribution in [0.1, 0.15) is 0 Å². The molecule has 7 heteroatoms. The fourth-order valence-corrected chi connectivity index (χ4v) is 2.00. The topological polar surface area (TPSA) is 30.7 Å². The highest BCUT2D eigenvalue weighted by Crippen LogP contribution is 2.29. The standard InChI is InChI=1S/C6H2BrClFN3S/c7-4-2-10-6(8)5-3(4)1-11-12(5)13-9/h1-2H. The van der Waals surface area contributed by atoms with Crippen LogP contribution in [0.4, 0.5) is 3.89 Å². The number of rotatable bonds is 1. The van der Waals surface area contributed by atoms with E-state index in [9.17, 15) is 3.89 Å². The van der Waals surface area contributed by atoms with Gasteiger partial charge < -0.3 is 0 Å². The molecule has 0 spiro atoms. The SMILES string of the molecule is FSn1ncc2c(Br)cnc(Cl)c21. The molecule has 0 saturated carbocycles. The molecule has 3 nitrogen and oxygen atoms in total. The largest absolute Gasteiger partial charge is 0.241 e. The molecule has 0 aliphatic carbocycles. The van der Waals surface area contributed by atoms with E-state index in [1.54, 1.807) is 6.20 Å². The number of hydrogen-bond acceptors (Lipinski definition) is 3. The van der Waals surface area contributed by atoms with Crippen molar-refractivity contribution in [2.24, 2.45) is 0 Å². The van der Waals surface area contributed by atoms with Gasteiger partial charge in [-0.05, 0) is 15.9 Å². The molecule has 2 aromatic heterocycles. The lowest BCUT2D eigenvalue weighted by Gasteiger charge is -1.97. The third-order valence-corrected chi connectivity index (χ3v) is 2.86. The van der Waals surface area contributed by atoms with Crippen LogP contribution in [0, 0.1) is 0 Å². The number of nitrogens with zero attached hydrogens (tertiary/aromatic N) is 3. The Balaban J connectivity index is 2.87. The Morgan fingerprint density at radius 3 is 3.00 bits per heavy atom. The summed E-state index contributed by atoms with van der Waals surface area (Å²) in [7, 11) is 0. The first-order chi connectivity index (χ1) is 6.24. The van der Waals surface area contributed by atoms with Crippen LogP contribution in [0.2, 0.25) is 5.15 Å². The van der Waals surface area contributed by atoms with Gasteiger partial charge in [0.1, 0.15) is 5.52 Å². The molecule has 0 bridgehead atoms. The highest BCUT2D eigenvalue weighted by atomic mass is 79.9. The van der Waals surface area contributed by atoms with Crippen LogP contribution in [-0.4, -0.2) is 14.2 Å². The Morgan fingerprint density at radius 1 is 1.54 bits per heavy atom.